The molecule has 0 spiro atoms. The molecule has 1 aliphatic heterocycles. The summed E-state index contributed by atoms with van der Waals surface area (Å²) in [6, 6.07) is 11.5. The maximum absolute atomic E-state index is 14.7. The molecule has 0 saturated carbocycles. The Balaban J connectivity index is 1.68. The number of nitrogen functional groups attached to an aromatic ring is 1. The zero-order valence-electron chi connectivity index (χ0n) is 16.5. The molecule has 2 heterocycles. The summed E-state index contributed by atoms with van der Waals surface area (Å²) in [5.41, 5.74) is 7.75. The lowest BCUT2D eigenvalue weighted by Crippen LogP contribution is -2.27. The van der Waals surface area contributed by atoms with E-state index >= 15 is 0 Å². The van der Waals surface area contributed by atoms with E-state index in [0.29, 0.717) is 13.1 Å². The van der Waals surface area contributed by atoms with E-state index in [0.717, 1.165) is 11.1 Å². The molecular formula is C22H20F2N4O3. The molecule has 3 aromatic rings. The van der Waals surface area contributed by atoms with Crippen molar-refractivity contribution in [1.29, 1.82) is 0 Å². The van der Waals surface area contributed by atoms with Crippen molar-refractivity contribution in [3.05, 3.63) is 64.8 Å². The van der Waals surface area contributed by atoms with Gasteiger partial charge in [0.2, 0.25) is 5.95 Å². The molecule has 0 bridgehead atoms. The van der Waals surface area contributed by atoms with Crippen LogP contribution in [0.5, 0.6) is 0 Å². The Hall–Kier alpha value is -3.62. The number of anilines is 1. The Kier molecular flexibility index (Phi) is 5.26. The Morgan fingerprint density at radius 3 is 2.42 bits per heavy atom. The Labute approximate surface area is 176 Å². The van der Waals surface area contributed by atoms with Gasteiger partial charge >= 0.3 is 5.97 Å². The summed E-state index contributed by atoms with van der Waals surface area (Å²) in [4.78, 5) is 33.6. The molecule has 9 heteroatoms. The minimum Gasteiger partial charge on any atom is -0.481 e. The maximum Gasteiger partial charge on any atom is 0.303 e. The first-order chi connectivity index (χ1) is 14.7. The van der Waals surface area contributed by atoms with Crippen LogP contribution in [-0.4, -0.2) is 31.9 Å². The van der Waals surface area contributed by atoms with E-state index in [1.54, 1.807) is 4.90 Å². The van der Waals surface area contributed by atoms with Gasteiger partial charge in [-0.1, -0.05) is 30.3 Å². The molecule has 0 atom stereocenters. The Morgan fingerprint density at radius 2 is 1.77 bits per heavy atom. The molecule has 0 aliphatic carbocycles. The molecular weight excluding hydrogens is 406 g/mol. The predicted octanol–water partition coefficient (Wildman–Crippen LogP) is 3.71. The predicted molar refractivity (Wildman–Crippen MR) is 109 cm³/mol. The molecule has 0 unspecified atom stereocenters. The highest BCUT2D eigenvalue weighted by Gasteiger charge is 2.33. The van der Waals surface area contributed by atoms with Gasteiger partial charge in [-0.15, -0.1) is 0 Å². The highest BCUT2D eigenvalue weighted by Crippen LogP contribution is 2.36. The van der Waals surface area contributed by atoms with Crippen LogP contribution in [0.25, 0.3) is 10.9 Å². The molecule has 160 valence electrons. The lowest BCUT2D eigenvalue weighted by molar-refractivity contribution is -0.137. The van der Waals surface area contributed by atoms with E-state index < -0.39 is 24.2 Å². The van der Waals surface area contributed by atoms with Crippen molar-refractivity contribution in [3.8, 4) is 0 Å². The second-order valence-corrected chi connectivity index (χ2v) is 7.54. The summed E-state index contributed by atoms with van der Waals surface area (Å²) in [5.74, 6) is -4.91. The fourth-order valence-corrected chi connectivity index (χ4v) is 3.77. The van der Waals surface area contributed by atoms with Gasteiger partial charge in [0.15, 0.2) is 0 Å². The molecule has 2 aromatic carbocycles. The van der Waals surface area contributed by atoms with E-state index in [1.807, 2.05) is 24.3 Å². The first kappa shape index (κ1) is 20.6. The summed E-state index contributed by atoms with van der Waals surface area (Å²) < 4.78 is 29.3. The number of carboxylic acid groups (broad SMARTS) is 1. The van der Waals surface area contributed by atoms with Crippen molar-refractivity contribution < 1.29 is 23.5 Å². The first-order valence-corrected chi connectivity index (χ1v) is 9.78. The van der Waals surface area contributed by atoms with Gasteiger partial charge in [0.25, 0.3) is 11.8 Å². The maximum atomic E-state index is 14.7. The SMILES string of the molecule is Nc1nc(C(=O)N2Cc3ccccc3C2)c2cc(C(F)(F)CCCC(=O)O)ccc2n1. The number of carbonyl (C=O) groups excluding carboxylic acids is 1. The van der Waals surface area contributed by atoms with Crippen LogP contribution in [0.4, 0.5) is 14.7 Å². The third-order valence-corrected chi connectivity index (χ3v) is 5.35. The van der Waals surface area contributed by atoms with E-state index in [9.17, 15) is 18.4 Å². The second-order valence-electron chi connectivity index (χ2n) is 7.54. The van der Waals surface area contributed by atoms with Gasteiger partial charge < -0.3 is 15.7 Å². The zero-order chi connectivity index (χ0) is 22.2. The van der Waals surface area contributed by atoms with Crippen LogP contribution in [0.2, 0.25) is 0 Å². The van der Waals surface area contributed by atoms with Crippen LogP contribution in [0.15, 0.2) is 42.5 Å². The van der Waals surface area contributed by atoms with Gasteiger partial charge in [-0.05, 0) is 29.7 Å². The fourth-order valence-electron chi connectivity index (χ4n) is 3.77. The molecule has 4 rings (SSSR count). The standard InChI is InChI=1S/C22H20F2N4O3/c23-22(24,9-3-6-18(29)30)15-7-8-17-16(10-15)19(27-21(25)26-17)20(31)28-11-13-4-1-2-5-14(13)12-28/h1-2,4-5,7-8,10H,3,6,9,11-12H2,(H,29,30)(H2,25,26,27). The molecule has 1 amide bonds. The van der Waals surface area contributed by atoms with Gasteiger partial charge in [-0.2, -0.15) is 0 Å². The minimum atomic E-state index is -3.25. The number of nitrogens with two attached hydrogens (primary N) is 1. The normalized spacial score (nSPS) is 13.4. The Bertz CT molecular complexity index is 1160. The van der Waals surface area contributed by atoms with Crippen LogP contribution < -0.4 is 5.73 Å². The van der Waals surface area contributed by atoms with Crippen molar-refractivity contribution in [2.24, 2.45) is 0 Å². The number of hydrogen-bond donors (Lipinski definition) is 2. The number of benzene rings is 2. The fraction of sp³-hybridized carbons (Fsp3) is 0.273. The number of carboxylic acids is 1. The average Bonchev–Trinajstić information content (AvgIpc) is 3.16. The van der Waals surface area contributed by atoms with Crippen LogP contribution >= 0.6 is 0 Å². The third kappa shape index (κ3) is 4.16. The second kappa shape index (κ2) is 7.90. The summed E-state index contributed by atoms with van der Waals surface area (Å²) in [7, 11) is 0. The number of amides is 1. The molecule has 31 heavy (non-hydrogen) atoms. The van der Waals surface area contributed by atoms with E-state index in [2.05, 4.69) is 9.97 Å². The van der Waals surface area contributed by atoms with Crippen LogP contribution in [-0.2, 0) is 23.8 Å². The minimum absolute atomic E-state index is 0.0292. The molecule has 0 saturated heterocycles. The molecule has 1 aromatic heterocycles. The van der Waals surface area contributed by atoms with Crippen molar-refractivity contribution >= 4 is 28.7 Å². The number of hydrogen-bond acceptors (Lipinski definition) is 5. The Morgan fingerprint density at radius 1 is 1.10 bits per heavy atom. The monoisotopic (exact) mass is 426 g/mol. The lowest BCUT2D eigenvalue weighted by Gasteiger charge is -2.19. The highest BCUT2D eigenvalue weighted by molar-refractivity contribution is 6.05. The topological polar surface area (TPSA) is 109 Å². The molecule has 0 radical (unpaired) electrons. The molecule has 1 aliphatic rings. The average molecular weight is 426 g/mol. The number of aliphatic carboxylic acids is 1. The number of aromatic nitrogens is 2. The van der Waals surface area contributed by atoms with Crippen molar-refractivity contribution in [3.63, 3.8) is 0 Å². The number of rotatable bonds is 6. The van der Waals surface area contributed by atoms with Gasteiger partial charge in [0.05, 0.1) is 5.52 Å². The zero-order valence-corrected chi connectivity index (χ0v) is 16.5. The quantitative estimate of drug-likeness (QED) is 0.622. The summed E-state index contributed by atoms with van der Waals surface area (Å²) in [5, 5.41) is 8.88. The van der Waals surface area contributed by atoms with Gasteiger partial charge in [0.1, 0.15) is 5.69 Å². The summed E-state index contributed by atoms with van der Waals surface area (Å²) in [6.07, 6.45) is -1.14. The largest absolute Gasteiger partial charge is 0.481 e. The lowest BCUT2D eigenvalue weighted by atomic mass is 10.00. The van der Waals surface area contributed by atoms with Crippen LogP contribution in [0.1, 0.15) is 46.4 Å². The molecule has 3 N–H and O–H groups in total. The third-order valence-electron chi connectivity index (χ3n) is 5.35. The number of carbonyl (C=O) groups is 2. The summed E-state index contributed by atoms with van der Waals surface area (Å²) in [6.45, 7) is 0.789. The number of halogens is 2. The number of nitrogens with zero attached hydrogens (tertiary/aromatic N) is 3. The van der Waals surface area contributed by atoms with Crippen molar-refractivity contribution in [1.82, 2.24) is 14.9 Å². The number of fused-ring (bicyclic) bond motifs is 2. The van der Waals surface area contributed by atoms with E-state index in [-0.39, 0.29) is 41.0 Å². The van der Waals surface area contributed by atoms with E-state index in [1.165, 1.54) is 18.2 Å². The van der Waals surface area contributed by atoms with E-state index in [4.69, 9.17) is 10.8 Å². The van der Waals surface area contributed by atoms with Crippen molar-refractivity contribution in [2.45, 2.75) is 38.3 Å². The first-order valence-electron chi connectivity index (χ1n) is 9.78. The molecule has 7 nitrogen and oxygen atoms in total. The van der Waals surface area contributed by atoms with Crippen LogP contribution in [0, 0.1) is 0 Å². The van der Waals surface area contributed by atoms with Crippen molar-refractivity contribution in [2.75, 3.05) is 5.73 Å². The van der Waals surface area contributed by atoms with Gasteiger partial charge in [-0.25, -0.2) is 18.7 Å². The number of alkyl halides is 2. The summed E-state index contributed by atoms with van der Waals surface area (Å²) >= 11 is 0. The smallest absolute Gasteiger partial charge is 0.303 e. The van der Waals surface area contributed by atoms with Gasteiger partial charge in [-0.3, -0.25) is 9.59 Å². The highest BCUT2D eigenvalue weighted by atomic mass is 19.3. The molecule has 0 fully saturated rings. The van der Waals surface area contributed by atoms with Crippen LogP contribution in [0.3, 0.4) is 0 Å². The van der Waals surface area contributed by atoms with Gasteiger partial charge in [0, 0.05) is 36.9 Å².